The first-order valence-electron chi connectivity index (χ1n) is 5.33. The minimum Gasteiger partial charge on any atom is -0.398 e. The maximum atomic E-state index is 12.9. The second-order valence-corrected chi connectivity index (χ2v) is 3.82. The Morgan fingerprint density at radius 2 is 2.06 bits per heavy atom. The molecular formula is C12H18FNO2. The van der Waals surface area contributed by atoms with E-state index in [9.17, 15) is 4.39 Å². The molecule has 0 fully saturated rings. The molecule has 2 N–H and O–H groups in total. The van der Waals surface area contributed by atoms with Gasteiger partial charge in [-0.05, 0) is 32.0 Å². The summed E-state index contributed by atoms with van der Waals surface area (Å²) in [6.07, 6.45) is 0.197. The largest absolute Gasteiger partial charge is 0.398 e. The second-order valence-electron chi connectivity index (χ2n) is 3.82. The lowest BCUT2D eigenvalue weighted by molar-refractivity contribution is 0.0144. The van der Waals surface area contributed by atoms with Crippen LogP contribution in [0.15, 0.2) is 18.2 Å². The molecule has 0 atom stereocenters. The van der Waals surface area contributed by atoms with Crippen molar-refractivity contribution in [2.45, 2.75) is 26.6 Å². The van der Waals surface area contributed by atoms with E-state index in [0.717, 1.165) is 0 Å². The van der Waals surface area contributed by atoms with Crippen molar-refractivity contribution in [3.05, 3.63) is 29.6 Å². The van der Waals surface area contributed by atoms with Crippen molar-refractivity contribution in [2.24, 2.45) is 0 Å². The third kappa shape index (κ3) is 4.59. The lowest BCUT2D eigenvalue weighted by Gasteiger charge is -2.09. The number of nitrogens with two attached hydrogens (primary N) is 1. The van der Waals surface area contributed by atoms with Crippen LogP contribution in [0, 0.1) is 5.82 Å². The summed E-state index contributed by atoms with van der Waals surface area (Å²) in [5.74, 6) is -0.300. The molecule has 1 aromatic carbocycles. The average Bonchev–Trinajstić information content (AvgIpc) is 2.22. The van der Waals surface area contributed by atoms with Gasteiger partial charge in [-0.15, -0.1) is 0 Å². The monoisotopic (exact) mass is 227 g/mol. The van der Waals surface area contributed by atoms with Crippen molar-refractivity contribution in [3.8, 4) is 0 Å². The van der Waals surface area contributed by atoms with Crippen molar-refractivity contribution < 1.29 is 13.9 Å². The summed E-state index contributed by atoms with van der Waals surface area (Å²) in [5.41, 5.74) is 6.89. The Bertz CT molecular complexity index is 329. The molecule has 0 heterocycles. The van der Waals surface area contributed by atoms with Gasteiger partial charge in [-0.2, -0.15) is 0 Å². The van der Waals surface area contributed by atoms with Crippen LogP contribution >= 0.6 is 0 Å². The van der Waals surface area contributed by atoms with Crippen LogP contribution in [0.5, 0.6) is 0 Å². The van der Waals surface area contributed by atoms with Crippen molar-refractivity contribution >= 4 is 5.69 Å². The van der Waals surface area contributed by atoms with Crippen LogP contribution in [-0.4, -0.2) is 19.3 Å². The fourth-order valence-corrected chi connectivity index (χ4v) is 1.22. The van der Waals surface area contributed by atoms with Crippen molar-refractivity contribution in [1.29, 1.82) is 0 Å². The van der Waals surface area contributed by atoms with Crippen LogP contribution in [0.4, 0.5) is 10.1 Å². The average molecular weight is 227 g/mol. The minimum absolute atomic E-state index is 0.197. The molecule has 0 aliphatic carbocycles. The first-order chi connectivity index (χ1) is 7.59. The van der Waals surface area contributed by atoms with Gasteiger partial charge in [0, 0.05) is 11.3 Å². The SMILES string of the molecule is CC(C)OCCOCc1cc(F)ccc1N. The first kappa shape index (κ1) is 12.9. The molecule has 0 aliphatic heterocycles. The number of halogens is 1. The van der Waals surface area contributed by atoms with Gasteiger partial charge in [0.05, 0.1) is 25.9 Å². The van der Waals surface area contributed by atoms with Gasteiger partial charge in [-0.3, -0.25) is 0 Å². The van der Waals surface area contributed by atoms with Crippen molar-refractivity contribution in [2.75, 3.05) is 18.9 Å². The molecule has 0 saturated heterocycles. The zero-order chi connectivity index (χ0) is 12.0. The Morgan fingerprint density at radius 1 is 1.31 bits per heavy atom. The predicted octanol–water partition coefficient (Wildman–Crippen LogP) is 2.35. The smallest absolute Gasteiger partial charge is 0.123 e. The molecule has 0 radical (unpaired) electrons. The Labute approximate surface area is 95.4 Å². The van der Waals surface area contributed by atoms with Gasteiger partial charge in [0.25, 0.3) is 0 Å². The van der Waals surface area contributed by atoms with E-state index in [1.165, 1.54) is 12.1 Å². The highest BCUT2D eigenvalue weighted by Gasteiger charge is 2.01. The van der Waals surface area contributed by atoms with Gasteiger partial charge in [0.1, 0.15) is 5.82 Å². The Kier molecular flexibility index (Phi) is 5.22. The normalized spacial score (nSPS) is 11.0. The molecule has 0 amide bonds. The number of nitrogen functional groups attached to an aromatic ring is 1. The fraction of sp³-hybridized carbons (Fsp3) is 0.500. The molecule has 0 saturated carbocycles. The van der Waals surface area contributed by atoms with Crippen LogP contribution in [0.2, 0.25) is 0 Å². The zero-order valence-corrected chi connectivity index (χ0v) is 9.70. The zero-order valence-electron chi connectivity index (χ0n) is 9.70. The van der Waals surface area contributed by atoms with Crippen LogP contribution < -0.4 is 5.73 Å². The molecular weight excluding hydrogens is 209 g/mol. The Balaban J connectivity index is 2.29. The van der Waals surface area contributed by atoms with Crippen LogP contribution in [-0.2, 0) is 16.1 Å². The standard InChI is InChI=1S/C12H18FNO2/c1-9(2)16-6-5-15-8-10-7-11(13)3-4-12(10)14/h3-4,7,9H,5-6,8,14H2,1-2H3. The number of anilines is 1. The van der Waals surface area contributed by atoms with E-state index < -0.39 is 0 Å². The highest BCUT2D eigenvalue weighted by atomic mass is 19.1. The third-order valence-electron chi connectivity index (χ3n) is 2.04. The molecule has 0 unspecified atom stereocenters. The molecule has 1 aromatic rings. The van der Waals surface area contributed by atoms with E-state index >= 15 is 0 Å². The van der Waals surface area contributed by atoms with E-state index in [0.29, 0.717) is 31.1 Å². The topological polar surface area (TPSA) is 44.5 Å². The van der Waals surface area contributed by atoms with Crippen LogP contribution in [0.1, 0.15) is 19.4 Å². The van der Waals surface area contributed by atoms with E-state index in [-0.39, 0.29) is 11.9 Å². The maximum Gasteiger partial charge on any atom is 0.123 e. The predicted molar refractivity (Wildman–Crippen MR) is 61.6 cm³/mol. The van der Waals surface area contributed by atoms with Crippen molar-refractivity contribution in [1.82, 2.24) is 0 Å². The summed E-state index contributed by atoms with van der Waals surface area (Å²) in [6.45, 7) is 5.25. The van der Waals surface area contributed by atoms with E-state index in [1.807, 2.05) is 13.8 Å². The Hall–Kier alpha value is -1.13. The van der Waals surface area contributed by atoms with Crippen molar-refractivity contribution in [3.63, 3.8) is 0 Å². The number of benzene rings is 1. The first-order valence-corrected chi connectivity index (χ1v) is 5.33. The van der Waals surface area contributed by atoms with Gasteiger partial charge in [-0.25, -0.2) is 4.39 Å². The van der Waals surface area contributed by atoms with Crippen LogP contribution in [0.3, 0.4) is 0 Å². The molecule has 0 aliphatic rings. The number of hydrogen-bond acceptors (Lipinski definition) is 3. The van der Waals surface area contributed by atoms with Crippen LogP contribution in [0.25, 0.3) is 0 Å². The fourth-order valence-electron chi connectivity index (χ4n) is 1.22. The van der Waals surface area contributed by atoms with E-state index in [1.54, 1.807) is 6.07 Å². The quantitative estimate of drug-likeness (QED) is 0.599. The van der Waals surface area contributed by atoms with Gasteiger partial charge in [0.2, 0.25) is 0 Å². The molecule has 0 spiro atoms. The summed E-state index contributed by atoms with van der Waals surface area (Å²) >= 11 is 0. The Morgan fingerprint density at radius 3 is 2.75 bits per heavy atom. The summed E-state index contributed by atoms with van der Waals surface area (Å²) in [7, 11) is 0. The number of ether oxygens (including phenoxy) is 2. The van der Waals surface area contributed by atoms with Gasteiger partial charge >= 0.3 is 0 Å². The molecule has 90 valence electrons. The summed E-state index contributed by atoms with van der Waals surface area (Å²) in [6, 6.07) is 4.26. The summed E-state index contributed by atoms with van der Waals surface area (Å²) in [4.78, 5) is 0. The van der Waals surface area contributed by atoms with Gasteiger partial charge in [-0.1, -0.05) is 0 Å². The highest BCUT2D eigenvalue weighted by Crippen LogP contribution is 2.14. The van der Waals surface area contributed by atoms with E-state index in [4.69, 9.17) is 15.2 Å². The number of rotatable bonds is 6. The molecule has 0 aromatic heterocycles. The summed E-state index contributed by atoms with van der Waals surface area (Å²) < 4.78 is 23.5. The number of hydrogen-bond donors (Lipinski definition) is 1. The maximum absolute atomic E-state index is 12.9. The molecule has 0 bridgehead atoms. The molecule has 3 nitrogen and oxygen atoms in total. The van der Waals surface area contributed by atoms with E-state index in [2.05, 4.69) is 0 Å². The van der Waals surface area contributed by atoms with Gasteiger partial charge < -0.3 is 15.2 Å². The summed E-state index contributed by atoms with van der Waals surface area (Å²) in [5, 5.41) is 0. The molecule has 16 heavy (non-hydrogen) atoms. The van der Waals surface area contributed by atoms with Gasteiger partial charge in [0.15, 0.2) is 0 Å². The lowest BCUT2D eigenvalue weighted by atomic mass is 10.2. The minimum atomic E-state index is -0.300. The lowest BCUT2D eigenvalue weighted by Crippen LogP contribution is -2.10. The second kappa shape index (κ2) is 6.45. The molecule has 1 rings (SSSR count). The highest BCUT2D eigenvalue weighted by molar-refractivity contribution is 5.46. The molecule has 4 heteroatoms. The third-order valence-corrected chi connectivity index (χ3v) is 2.04.